The second-order valence-corrected chi connectivity index (χ2v) is 7.92. The van der Waals surface area contributed by atoms with Crippen LogP contribution in [0, 0.1) is 5.92 Å². The summed E-state index contributed by atoms with van der Waals surface area (Å²) in [7, 11) is 3.92. The number of imide groups is 1. The number of carbonyl (C=O) groups is 3. The van der Waals surface area contributed by atoms with Crippen LogP contribution in [0.4, 0.5) is 5.69 Å². The second-order valence-electron chi connectivity index (χ2n) is 7.92. The molecule has 148 valence electrons. The molecular formula is C21H26N4O3. The topological polar surface area (TPSA) is 82.1 Å². The van der Waals surface area contributed by atoms with Crippen LogP contribution < -0.4 is 10.2 Å². The molecule has 2 aliphatic heterocycles. The highest BCUT2D eigenvalue weighted by molar-refractivity contribution is 6.05. The molecule has 1 saturated carbocycles. The van der Waals surface area contributed by atoms with Crippen LogP contribution in [0.5, 0.6) is 0 Å². The van der Waals surface area contributed by atoms with Gasteiger partial charge in [0, 0.05) is 56.5 Å². The molecule has 1 aliphatic carbocycles. The Hall–Kier alpha value is -2.70. The number of piperidine rings is 1. The third kappa shape index (κ3) is 3.19. The van der Waals surface area contributed by atoms with Crippen molar-refractivity contribution in [1.82, 2.24) is 10.2 Å². The first-order chi connectivity index (χ1) is 13.5. The van der Waals surface area contributed by atoms with Gasteiger partial charge < -0.3 is 14.8 Å². The summed E-state index contributed by atoms with van der Waals surface area (Å²) in [4.78, 5) is 44.5. The van der Waals surface area contributed by atoms with Gasteiger partial charge in [-0.2, -0.15) is 0 Å². The summed E-state index contributed by atoms with van der Waals surface area (Å²) >= 11 is 0. The third-order valence-electron chi connectivity index (χ3n) is 6.28. The van der Waals surface area contributed by atoms with E-state index in [1.54, 1.807) is 4.90 Å². The Bertz CT molecular complexity index is 850. The molecular weight excluding hydrogens is 356 g/mol. The van der Waals surface area contributed by atoms with E-state index >= 15 is 0 Å². The molecule has 3 amide bonds. The summed E-state index contributed by atoms with van der Waals surface area (Å²) in [5.41, 5.74) is 2.68. The second kappa shape index (κ2) is 7.37. The number of anilines is 1. The maximum atomic E-state index is 12.8. The molecule has 3 aliphatic rings. The SMILES string of the molecule is CN=CC1CCC[C@H]1N(C)c1ccc2c(c1)CN(C1CCC(=O)NC1=O)C2=O. The number of aliphatic imine (C=N–C) groups is 1. The zero-order chi connectivity index (χ0) is 19.8. The normalized spacial score (nSPS) is 27.4. The predicted octanol–water partition coefficient (Wildman–Crippen LogP) is 1.75. The molecule has 4 rings (SSSR count). The Kier molecular flexibility index (Phi) is 4.91. The first kappa shape index (κ1) is 18.7. The standard InChI is InChI=1S/C21H26N4O3/c1-22-11-13-4-3-5-17(13)24(2)15-6-7-16-14(10-15)12-25(21(16)28)18-8-9-19(26)23-20(18)27/h6-7,10-11,13,17-18H,3-5,8-9,12H2,1-2H3,(H,23,26,27)/t13?,17-,18?/m1/s1. The highest BCUT2D eigenvalue weighted by atomic mass is 16.2. The maximum Gasteiger partial charge on any atom is 0.255 e. The van der Waals surface area contributed by atoms with Crippen LogP contribution in [0.25, 0.3) is 0 Å². The summed E-state index contributed by atoms with van der Waals surface area (Å²) < 4.78 is 0. The van der Waals surface area contributed by atoms with Crippen molar-refractivity contribution in [2.45, 2.75) is 50.7 Å². The summed E-state index contributed by atoms with van der Waals surface area (Å²) in [5.74, 6) is -0.320. The van der Waals surface area contributed by atoms with E-state index in [1.165, 1.54) is 6.42 Å². The fraction of sp³-hybridized carbons (Fsp3) is 0.524. The zero-order valence-corrected chi connectivity index (χ0v) is 16.4. The third-order valence-corrected chi connectivity index (χ3v) is 6.28. The Morgan fingerprint density at radius 3 is 2.79 bits per heavy atom. The van der Waals surface area contributed by atoms with Crippen LogP contribution in [0.15, 0.2) is 23.2 Å². The molecule has 1 aromatic rings. The number of amides is 3. The highest BCUT2D eigenvalue weighted by Gasteiger charge is 2.39. The minimum absolute atomic E-state index is 0.129. The number of rotatable bonds is 4. The molecule has 1 aromatic carbocycles. The minimum Gasteiger partial charge on any atom is -0.371 e. The van der Waals surface area contributed by atoms with Gasteiger partial charge in [-0.3, -0.25) is 19.7 Å². The lowest BCUT2D eigenvalue weighted by molar-refractivity contribution is -0.136. The molecule has 7 heteroatoms. The van der Waals surface area contributed by atoms with Crippen molar-refractivity contribution in [2.24, 2.45) is 10.9 Å². The number of hydrogen-bond acceptors (Lipinski definition) is 5. The molecule has 2 fully saturated rings. The van der Waals surface area contributed by atoms with Crippen molar-refractivity contribution in [3.63, 3.8) is 0 Å². The number of carbonyl (C=O) groups excluding carboxylic acids is 3. The van der Waals surface area contributed by atoms with Gasteiger partial charge in [-0.25, -0.2) is 0 Å². The van der Waals surface area contributed by atoms with E-state index in [-0.39, 0.29) is 24.1 Å². The van der Waals surface area contributed by atoms with E-state index in [4.69, 9.17) is 0 Å². The van der Waals surface area contributed by atoms with Gasteiger partial charge in [0.25, 0.3) is 5.91 Å². The molecule has 2 heterocycles. The Labute approximate surface area is 164 Å². The maximum absolute atomic E-state index is 12.8. The van der Waals surface area contributed by atoms with Gasteiger partial charge in [-0.15, -0.1) is 0 Å². The summed E-state index contributed by atoms with van der Waals surface area (Å²) in [5, 5.41) is 2.34. The highest BCUT2D eigenvalue weighted by Crippen LogP contribution is 2.34. The zero-order valence-electron chi connectivity index (χ0n) is 16.4. The predicted molar refractivity (Wildman–Crippen MR) is 106 cm³/mol. The van der Waals surface area contributed by atoms with Crippen molar-refractivity contribution < 1.29 is 14.4 Å². The average molecular weight is 382 g/mol. The molecule has 1 N–H and O–H groups in total. The molecule has 0 bridgehead atoms. The molecule has 2 unspecified atom stereocenters. The van der Waals surface area contributed by atoms with Gasteiger partial charge in [0.1, 0.15) is 6.04 Å². The van der Waals surface area contributed by atoms with Gasteiger partial charge in [-0.1, -0.05) is 6.42 Å². The molecule has 3 atom stereocenters. The minimum atomic E-state index is -0.571. The number of hydrogen-bond donors (Lipinski definition) is 1. The Balaban J connectivity index is 1.54. The summed E-state index contributed by atoms with van der Waals surface area (Å²) in [6.45, 7) is 0.409. The molecule has 0 radical (unpaired) electrons. The van der Waals surface area contributed by atoms with Crippen molar-refractivity contribution in [3.8, 4) is 0 Å². The Morgan fingerprint density at radius 1 is 1.21 bits per heavy atom. The van der Waals surface area contributed by atoms with E-state index in [1.807, 2.05) is 19.2 Å². The van der Waals surface area contributed by atoms with E-state index in [9.17, 15) is 14.4 Å². The lowest BCUT2D eigenvalue weighted by Crippen LogP contribution is -2.52. The largest absolute Gasteiger partial charge is 0.371 e. The van der Waals surface area contributed by atoms with Gasteiger partial charge in [0.15, 0.2) is 0 Å². The van der Waals surface area contributed by atoms with E-state index in [0.29, 0.717) is 30.5 Å². The van der Waals surface area contributed by atoms with Crippen molar-refractivity contribution in [1.29, 1.82) is 0 Å². The smallest absolute Gasteiger partial charge is 0.255 e. The quantitative estimate of drug-likeness (QED) is 0.635. The van der Waals surface area contributed by atoms with Gasteiger partial charge in [0.2, 0.25) is 11.8 Å². The number of nitrogens with one attached hydrogen (secondary N) is 1. The number of fused-ring (bicyclic) bond motifs is 1. The fourth-order valence-electron chi connectivity index (χ4n) is 4.79. The monoisotopic (exact) mass is 382 g/mol. The van der Waals surface area contributed by atoms with Crippen molar-refractivity contribution in [3.05, 3.63) is 29.3 Å². The molecule has 7 nitrogen and oxygen atoms in total. The van der Waals surface area contributed by atoms with Crippen LogP contribution in [-0.2, 0) is 16.1 Å². The van der Waals surface area contributed by atoms with Crippen molar-refractivity contribution in [2.75, 3.05) is 19.0 Å². The van der Waals surface area contributed by atoms with E-state index < -0.39 is 6.04 Å². The van der Waals surface area contributed by atoms with Crippen LogP contribution in [0.1, 0.15) is 48.0 Å². The average Bonchev–Trinajstić information content (AvgIpc) is 3.26. The van der Waals surface area contributed by atoms with Gasteiger partial charge >= 0.3 is 0 Å². The number of benzene rings is 1. The molecule has 1 saturated heterocycles. The first-order valence-corrected chi connectivity index (χ1v) is 9.92. The Morgan fingerprint density at radius 2 is 2.04 bits per heavy atom. The lowest BCUT2D eigenvalue weighted by Gasteiger charge is -2.30. The van der Waals surface area contributed by atoms with Crippen LogP contribution in [0.3, 0.4) is 0 Å². The van der Waals surface area contributed by atoms with Gasteiger partial charge in [-0.05, 0) is 43.0 Å². The van der Waals surface area contributed by atoms with E-state index in [0.717, 1.165) is 24.1 Å². The first-order valence-electron chi connectivity index (χ1n) is 9.92. The molecule has 0 aromatic heterocycles. The fourth-order valence-corrected chi connectivity index (χ4v) is 4.79. The van der Waals surface area contributed by atoms with Crippen LogP contribution >= 0.6 is 0 Å². The molecule has 28 heavy (non-hydrogen) atoms. The van der Waals surface area contributed by atoms with E-state index in [2.05, 4.69) is 34.5 Å². The number of nitrogens with zero attached hydrogens (tertiary/aromatic N) is 3. The summed E-state index contributed by atoms with van der Waals surface area (Å²) in [6, 6.07) is 5.76. The molecule has 0 spiro atoms. The van der Waals surface area contributed by atoms with Crippen LogP contribution in [-0.4, -0.2) is 55.0 Å². The lowest BCUT2D eigenvalue weighted by atomic mass is 10.0. The summed E-state index contributed by atoms with van der Waals surface area (Å²) in [6.07, 6.45) is 6.18. The van der Waals surface area contributed by atoms with Crippen LogP contribution in [0.2, 0.25) is 0 Å². The van der Waals surface area contributed by atoms with Crippen molar-refractivity contribution >= 4 is 29.6 Å². The van der Waals surface area contributed by atoms with Gasteiger partial charge in [0.05, 0.1) is 0 Å².